The maximum absolute atomic E-state index is 13.4. The van der Waals surface area contributed by atoms with Gasteiger partial charge < -0.3 is 15.5 Å². The summed E-state index contributed by atoms with van der Waals surface area (Å²) in [5.74, 6) is 0.106. The number of halogens is 5. The third kappa shape index (κ3) is 5.87. The van der Waals surface area contributed by atoms with Gasteiger partial charge in [0.25, 0.3) is 5.56 Å². The fourth-order valence-electron chi connectivity index (χ4n) is 3.05. The number of benzene rings is 1. The molecule has 0 amide bonds. The summed E-state index contributed by atoms with van der Waals surface area (Å²) in [7, 11) is 0. The molecule has 0 aliphatic heterocycles. The molecule has 0 bridgehead atoms. The molecular formula is C20H21Cl2F3N4O2. The lowest BCUT2D eigenvalue weighted by Gasteiger charge is -2.23. The maximum Gasteiger partial charge on any atom is 0.419 e. The minimum Gasteiger partial charge on any atom is -0.490 e. The van der Waals surface area contributed by atoms with Crippen LogP contribution in [0.25, 0.3) is 10.9 Å². The first-order chi connectivity index (χ1) is 14.1. The first-order valence-electron chi connectivity index (χ1n) is 9.23. The molecule has 3 rings (SSSR count). The van der Waals surface area contributed by atoms with E-state index in [2.05, 4.69) is 15.0 Å². The van der Waals surface area contributed by atoms with E-state index in [1.807, 2.05) is 0 Å². The number of ether oxygens (including phenoxy) is 1. The summed E-state index contributed by atoms with van der Waals surface area (Å²) in [6.07, 6.45) is -3.16. The van der Waals surface area contributed by atoms with E-state index in [1.54, 1.807) is 13.8 Å². The number of aromatic nitrogens is 3. The summed E-state index contributed by atoms with van der Waals surface area (Å²) in [6.45, 7) is 3.25. The Morgan fingerprint density at radius 3 is 2.65 bits per heavy atom. The van der Waals surface area contributed by atoms with Gasteiger partial charge in [0.1, 0.15) is 16.7 Å². The second-order valence-electron chi connectivity index (χ2n) is 7.01. The molecule has 1 aromatic carbocycles. The van der Waals surface area contributed by atoms with Gasteiger partial charge in [-0.15, -0.1) is 12.4 Å². The Bertz CT molecular complexity index is 1120. The molecule has 0 fully saturated rings. The Morgan fingerprint density at radius 1 is 1.29 bits per heavy atom. The van der Waals surface area contributed by atoms with Crippen molar-refractivity contribution >= 4 is 34.9 Å². The van der Waals surface area contributed by atoms with Gasteiger partial charge in [-0.3, -0.25) is 4.79 Å². The van der Waals surface area contributed by atoms with E-state index in [1.165, 1.54) is 24.4 Å². The van der Waals surface area contributed by atoms with Crippen molar-refractivity contribution in [3.63, 3.8) is 0 Å². The number of hydrogen-bond acceptors (Lipinski definition) is 5. The third-order valence-corrected chi connectivity index (χ3v) is 4.76. The number of hydrogen-bond donors (Lipinski definition) is 2. The number of aromatic amines is 1. The molecule has 2 aromatic heterocycles. The molecule has 2 atom stereocenters. The summed E-state index contributed by atoms with van der Waals surface area (Å²) in [5, 5.41) is 0.488. The largest absolute Gasteiger partial charge is 0.490 e. The third-order valence-electron chi connectivity index (χ3n) is 4.56. The van der Waals surface area contributed by atoms with Crippen LogP contribution in [0.3, 0.4) is 0 Å². The molecular weight excluding hydrogens is 456 g/mol. The van der Waals surface area contributed by atoms with Gasteiger partial charge in [0, 0.05) is 18.0 Å². The van der Waals surface area contributed by atoms with E-state index >= 15 is 0 Å². The van der Waals surface area contributed by atoms with E-state index in [-0.39, 0.29) is 40.9 Å². The predicted molar refractivity (Wildman–Crippen MR) is 115 cm³/mol. The van der Waals surface area contributed by atoms with Crippen LogP contribution in [-0.4, -0.2) is 21.1 Å². The van der Waals surface area contributed by atoms with Gasteiger partial charge in [0.15, 0.2) is 0 Å². The van der Waals surface area contributed by atoms with E-state index in [4.69, 9.17) is 22.1 Å². The molecule has 0 unspecified atom stereocenters. The lowest BCUT2D eigenvalue weighted by molar-refractivity contribution is -0.139. The fourth-order valence-corrected chi connectivity index (χ4v) is 3.21. The molecule has 6 nitrogen and oxygen atoms in total. The number of alkyl halides is 3. The highest BCUT2D eigenvalue weighted by molar-refractivity contribution is 6.30. The molecule has 0 saturated heterocycles. The lowest BCUT2D eigenvalue weighted by Crippen LogP contribution is -2.20. The number of fused-ring (bicyclic) bond motifs is 1. The number of nitrogens with zero attached hydrogens (tertiary/aromatic N) is 2. The van der Waals surface area contributed by atoms with Crippen molar-refractivity contribution in [2.45, 2.75) is 45.0 Å². The summed E-state index contributed by atoms with van der Waals surface area (Å²) < 4.78 is 46.0. The zero-order chi connectivity index (χ0) is 22.1. The van der Waals surface area contributed by atoms with Crippen molar-refractivity contribution in [1.29, 1.82) is 0 Å². The van der Waals surface area contributed by atoms with Crippen LogP contribution in [0.4, 0.5) is 13.2 Å². The second kappa shape index (κ2) is 9.84. The monoisotopic (exact) mass is 476 g/mol. The zero-order valence-electron chi connectivity index (χ0n) is 16.7. The first kappa shape index (κ1) is 24.9. The minimum atomic E-state index is -4.57. The van der Waals surface area contributed by atoms with Crippen LogP contribution < -0.4 is 16.0 Å². The van der Waals surface area contributed by atoms with Crippen molar-refractivity contribution in [2.75, 3.05) is 0 Å². The fraction of sp³-hybridized carbons (Fsp3) is 0.350. The normalized spacial score (nSPS) is 13.5. The Hall–Kier alpha value is -2.36. The molecule has 11 heteroatoms. The number of nitrogens with one attached hydrogen (secondary N) is 1. The highest BCUT2D eigenvalue weighted by Crippen LogP contribution is 2.40. The van der Waals surface area contributed by atoms with Crippen LogP contribution in [0.5, 0.6) is 5.75 Å². The maximum atomic E-state index is 13.4. The molecule has 3 N–H and O–H groups in total. The number of H-pyrrole nitrogens is 1. The smallest absolute Gasteiger partial charge is 0.419 e. The first-order valence-corrected chi connectivity index (χ1v) is 9.61. The topological polar surface area (TPSA) is 93.9 Å². The number of para-hydroxylation sites is 1. The van der Waals surface area contributed by atoms with Crippen molar-refractivity contribution in [2.24, 2.45) is 5.73 Å². The molecule has 31 heavy (non-hydrogen) atoms. The van der Waals surface area contributed by atoms with Crippen LogP contribution in [0.1, 0.15) is 43.3 Å². The van der Waals surface area contributed by atoms with E-state index < -0.39 is 23.9 Å². The molecule has 0 radical (unpaired) electrons. The molecule has 0 saturated carbocycles. The molecule has 168 valence electrons. The second-order valence-corrected chi connectivity index (χ2v) is 7.40. The summed E-state index contributed by atoms with van der Waals surface area (Å²) in [5.41, 5.74) is 5.26. The minimum absolute atomic E-state index is 0. The van der Waals surface area contributed by atoms with E-state index in [0.29, 0.717) is 23.1 Å². The Kier molecular flexibility index (Phi) is 7.91. The van der Waals surface area contributed by atoms with Gasteiger partial charge in [0.2, 0.25) is 0 Å². The quantitative estimate of drug-likeness (QED) is 0.496. The standard InChI is InChI=1S/C20H20ClF3N4O2.ClH/c1-10(30-18-12(11(2)25)4-3-5-14(18)20(22,23)24)6-7-17-27-15-9-26-16(21)8-13(15)19(29)28-17;/h3-5,8-11H,6-7,25H2,1-2H3,(H,27,28,29);1H/t10-,11+;/m0./s1. The molecule has 3 aromatic rings. The van der Waals surface area contributed by atoms with Crippen LogP contribution in [0.2, 0.25) is 5.15 Å². The number of pyridine rings is 1. The zero-order valence-corrected chi connectivity index (χ0v) is 18.2. The number of rotatable bonds is 6. The summed E-state index contributed by atoms with van der Waals surface area (Å²) >= 11 is 5.79. The molecule has 2 heterocycles. The highest BCUT2D eigenvalue weighted by atomic mass is 35.5. The lowest BCUT2D eigenvalue weighted by atomic mass is 10.0. The Labute approximate surface area is 187 Å². The molecule has 0 aliphatic rings. The highest BCUT2D eigenvalue weighted by Gasteiger charge is 2.36. The average Bonchev–Trinajstić information content (AvgIpc) is 2.66. The van der Waals surface area contributed by atoms with Gasteiger partial charge in [0.05, 0.1) is 28.8 Å². The Morgan fingerprint density at radius 2 is 2.00 bits per heavy atom. The molecule has 0 spiro atoms. The van der Waals surface area contributed by atoms with Crippen LogP contribution in [0, 0.1) is 0 Å². The van der Waals surface area contributed by atoms with Gasteiger partial charge >= 0.3 is 6.18 Å². The number of nitrogens with two attached hydrogens (primary N) is 1. The van der Waals surface area contributed by atoms with Crippen molar-refractivity contribution in [1.82, 2.24) is 15.0 Å². The summed E-state index contributed by atoms with van der Waals surface area (Å²) in [4.78, 5) is 23.1. The van der Waals surface area contributed by atoms with Crippen LogP contribution in [0.15, 0.2) is 35.3 Å². The Balaban J connectivity index is 0.00000341. The van der Waals surface area contributed by atoms with Gasteiger partial charge in [-0.1, -0.05) is 23.7 Å². The molecule has 0 aliphatic carbocycles. The van der Waals surface area contributed by atoms with Crippen LogP contribution in [-0.2, 0) is 12.6 Å². The van der Waals surface area contributed by atoms with Crippen molar-refractivity contribution < 1.29 is 17.9 Å². The SMILES string of the molecule is C[C@@H](CCc1nc2cnc(Cl)cc2c(=O)[nH]1)Oc1c([C@@H](C)N)cccc1C(F)(F)F.Cl. The van der Waals surface area contributed by atoms with Gasteiger partial charge in [-0.2, -0.15) is 13.2 Å². The van der Waals surface area contributed by atoms with Gasteiger partial charge in [-0.05, 0) is 32.4 Å². The van der Waals surface area contributed by atoms with E-state index in [0.717, 1.165) is 6.07 Å². The van der Waals surface area contributed by atoms with Gasteiger partial charge in [-0.25, -0.2) is 9.97 Å². The predicted octanol–water partition coefficient (Wildman–Crippen LogP) is 4.83. The summed E-state index contributed by atoms with van der Waals surface area (Å²) in [6, 6.07) is 4.58. The van der Waals surface area contributed by atoms with E-state index in [9.17, 15) is 18.0 Å². The average molecular weight is 477 g/mol. The van der Waals surface area contributed by atoms with Crippen molar-refractivity contribution in [3.05, 3.63) is 62.9 Å². The van der Waals surface area contributed by atoms with Crippen LogP contribution >= 0.6 is 24.0 Å². The van der Waals surface area contributed by atoms with Crippen molar-refractivity contribution in [3.8, 4) is 5.75 Å². The number of aryl methyl sites for hydroxylation is 1.